The summed E-state index contributed by atoms with van der Waals surface area (Å²) in [4.78, 5) is 5.77. The number of aliphatic hydroxyl groups excluding tert-OH is 1. The Kier molecular flexibility index (Phi) is 8.08. The van der Waals surface area contributed by atoms with Crippen molar-refractivity contribution in [2.45, 2.75) is 16.9 Å². The molecule has 0 aliphatic rings. The van der Waals surface area contributed by atoms with Gasteiger partial charge in [0.25, 0.3) is 0 Å². The topological polar surface area (TPSA) is 74.0 Å². The SMILES string of the molecule is N#Cc1c(-c2ccccc2)cc(-c2cccs2)nc1SCC(O)CS(=O)Cc1ccccc1. The van der Waals surface area contributed by atoms with E-state index in [0.29, 0.717) is 22.1 Å². The van der Waals surface area contributed by atoms with Crippen LogP contribution in [0.5, 0.6) is 0 Å². The maximum atomic E-state index is 12.5. The van der Waals surface area contributed by atoms with Crippen molar-refractivity contribution in [3.63, 3.8) is 0 Å². The maximum absolute atomic E-state index is 12.5. The molecule has 0 saturated heterocycles. The highest BCUT2D eigenvalue weighted by molar-refractivity contribution is 7.99. The Morgan fingerprint density at radius 3 is 2.45 bits per heavy atom. The van der Waals surface area contributed by atoms with Crippen LogP contribution in [0.3, 0.4) is 0 Å². The Morgan fingerprint density at radius 2 is 1.79 bits per heavy atom. The van der Waals surface area contributed by atoms with Crippen LogP contribution in [-0.4, -0.2) is 31.9 Å². The van der Waals surface area contributed by atoms with Crippen molar-refractivity contribution in [2.24, 2.45) is 0 Å². The lowest BCUT2D eigenvalue weighted by molar-refractivity contribution is 0.224. The lowest BCUT2D eigenvalue weighted by Crippen LogP contribution is -2.20. The number of rotatable bonds is 9. The highest BCUT2D eigenvalue weighted by Gasteiger charge is 2.18. The number of nitriles is 1. The van der Waals surface area contributed by atoms with Gasteiger partial charge in [0.15, 0.2) is 0 Å². The fraction of sp³-hybridized carbons (Fsp3) is 0.154. The first-order valence-corrected chi connectivity index (χ1v) is 13.7. The molecular formula is C26H22N2O2S3. The second-order valence-corrected chi connectivity index (χ2v) is 10.8. The molecule has 2 unspecified atom stereocenters. The zero-order chi connectivity index (χ0) is 23.0. The molecule has 0 spiro atoms. The van der Waals surface area contributed by atoms with E-state index in [9.17, 15) is 14.6 Å². The van der Waals surface area contributed by atoms with Gasteiger partial charge in [0.1, 0.15) is 11.1 Å². The molecule has 0 aliphatic carbocycles. The first-order valence-electron chi connectivity index (χ1n) is 10.4. The van der Waals surface area contributed by atoms with Crippen molar-refractivity contribution in [1.82, 2.24) is 4.98 Å². The lowest BCUT2D eigenvalue weighted by Gasteiger charge is -2.14. The van der Waals surface area contributed by atoms with Gasteiger partial charge in [-0.05, 0) is 28.6 Å². The molecule has 4 nitrogen and oxygen atoms in total. The Bertz CT molecular complexity index is 1250. The molecule has 0 bridgehead atoms. The van der Waals surface area contributed by atoms with Crippen LogP contribution in [0.25, 0.3) is 21.7 Å². The summed E-state index contributed by atoms with van der Waals surface area (Å²) in [6, 6.07) is 27.6. The van der Waals surface area contributed by atoms with Crippen molar-refractivity contribution in [3.8, 4) is 27.8 Å². The van der Waals surface area contributed by atoms with Crippen molar-refractivity contribution in [1.29, 1.82) is 5.26 Å². The summed E-state index contributed by atoms with van der Waals surface area (Å²) in [5.41, 5.74) is 4.04. The Hall–Kier alpha value is -2.76. The molecule has 2 aromatic heterocycles. The number of aromatic nitrogens is 1. The van der Waals surface area contributed by atoms with Crippen LogP contribution in [0.1, 0.15) is 11.1 Å². The number of hydrogen-bond acceptors (Lipinski definition) is 6. The molecule has 166 valence electrons. The fourth-order valence-electron chi connectivity index (χ4n) is 3.39. The molecule has 0 radical (unpaired) electrons. The fourth-order valence-corrected chi connectivity index (χ4v) is 6.38. The van der Waals surface area contributed by atoms with E-state index in [1.165, 1.54) is 11.8 Å². The van der Waals surface area contributed by atoms with Crippen LogP contribution in [0, 0.1) is 11.3 Å². The van der Waals surface area contributed by atoms with Gasteiger partial charge in [-0.1, -0.05) is 66.7 Å². The van der Waals surface area contributed by atoms with Crippen LogP contribution in [0.2, 0.25) is 0 Å². The van der Waals surface area contributed by atoms with E-state index in [0.717, 1.165) is 27.3 Å². The number of hydrogen-bond donors (Lipinski definition) is 1. The van der Waals surface area contributed by atoms with Crippen LogP contribution >= 0.6 is 23.1 Å². The number of thioether (sulfide) groups is 1. The molecule has 1 N–H and O–H groups in total. The third-order valence-electron chi connectivity index (χ3n) is 4.92. The minimum absolute atomic E-state index is 0.180. The molecule has 2 atom stereocenters. The summed E-state index contributed by atoms with van der Waals surface area (Å²) < 4.78 is 12.5. The van der Waals surface area contributed by atoms with Crippen LogP contribution in [0.4, 0.5) is 0 Å². The smallest absolute Gasteiger partial charge is 0.115 e. The van der Waals surface area contributed by atoms with Crippen LogP contribution in [0.15, 0.2) is 89.3 Å². The van der Waals surface area contributed by atoms with Crippen molar-refractivity contribution >= 4 is 33.9 Å². The van der Waals surface area contributed by atoms with E-state index in [4.69, 9.17) is 4.98 Å². The molecular weight excluding hydrogens is 468 g/mol. The Labute approximate surface area is 204 Å². The van der Waals surface area contributed by atoms with Gasteiger partial charge in [-0.15, -0.1) is 23.1 Å². The van der Waals surface area contributed by atoms with Gasteiger partial charge >= 0.3 is 0 Å². The monoisotopic (exact) mass is 490 g/mol. The van der Waals surface area contributed by atoms with E-state index < -0.39 is 16.9 Å². The van der Waals surface area contributed by atoms with Crippen molar-refractivity contribution in [3.05, 3.63) is 95.4 Å². The maximum Gasteiger partial charge on any atom is 0.115 e. The summed E-state index contributed by atoms with van der Waals surface area (Å²) in [6.07, 6.45) is -0.765. The summed E-state index contributed by atoms with van der Waals surface area (Å²) in [6.45, 7) is 0. The molecule has 2 aromatic carbocycles. The zero-order valence-corrected chi connectivity index (χ0v) is 20.2. The molecule has 2 heterocycles. The number of nitrogens with zero attached hydrogens (tertiary/aromatic N) is 2. The average Bonchev–Trinajstić information content (AvgIpc) is 3.38. The van der Waals surface area contributed by atoms with E-state index in [1.807, 2.05) is 84.2 Å². The second-order valence-electron chi connectivity index (χ2n) is 7.39. The van der Waals surface area contributed by atoms with Crippen LogP contribution < -0.4 is 0 Å². The average molecular weight is 491 g/mol. The minimum atomic E-state index is -1.18. The van der Waals surface area contributed by atoms with Gasteiger partial charge < -0.3 is 5.11 Å². The predicted octanol–water partition coefficient (Wildman–Crippen LogP) is 5.75. The normalized spacial score (nSPS) is 12.7. The van der Waals surface area contributed by atoms with Gasteiger partial charge in [-0.3, -0.25) is 4.21 Å². The van der Waals surface area contributed by atoms with Gasteiger partial charge in [0.05, 0.1) is 28.0 Å². The zero-order valence-electron chi connectivity index (χ0n) is 17.8. The second kappa shape index (κ2) is 11.4. The third kappa shape index (κ3) is 6.18. The molecule has 0 amide bonds. The standard InChI is InChI=1S/C26H22N2O2S3/c27-15-23-22(20-10-5-2-6-11-20)14-24(25-12-7-13-31-25)28-26(23)32-16-21(29)18-33(30)17-19-8-3-1-4-9-19/h1-14,21,29H,16-18H2. The molecule has 4 rings (SSSR count). The van der Waals surface area contributed by atoms with E-state index in [1.54, 1.807) is 11.3 Å². The summed E-state index contributed by atoms with van der Waals surface area (Å²) in [5.74, 6) is 0.903. The first-order chi connectivity index (χ1) is 16.1. The highest BCUT2D eigenvalue weighted by Crippen LogP contribution is 2.35. The Balaban J connectivity index is 1.54. The van der Waals surface area contributed by atoms with Gasteiger partial charge in [0, 0.05) is 27.9 Å². The third-order valence-corrected chi connectivity index (χ3v) is 8.34. The van der Waals surface area contributed by atoms with E-state index in [-0.39, 0.29) is 5.75 Å². The summed E-state index contributed by atoms with van der Waals surface area (Å²) in [7, 11) is -1.18. The number of aliphatic hydroxyl groups is 1. The van der Waals surface area contributed by atoms with Gasteiger partial charge in [-0.25, -0.2) is 4.98 Å². The molecule has 0 saturated carbocycles. The largest absolute Gasteiger partial charge is 0.391 e. The van der Waals surface area contributed by atoms with Crippen LogP contribution in [-0.2, 0) is 16.6 Å². The number of thiophene rings is 1. The minimum Gasteiger partial charge on any atom is -0.391 e. The van der Waals surface area contributed by atoms with E-state index in [2.05, 4.69) is 6.07 Å². The number of benzene rings is 2. The van der Waals surface area contributed by atoms with Gasteiger partial charge in [0.2, 0.25) is 0 Å². The van der Waals surface area contributed by atoms with Crippen molar-refractivity contribution < 1.29 is 9.32 Å². The quantitative estimate of drug-likeness (QED) is 0.302. The first kappa shape index (κ1) is 23.4. The van der Waals surface area contributed by atoms with Gasteiger partial charge in [-0.2, -0.15) is 5.26 Å². The molecule has 0 fully saturated rings. The molecule has 0 aliphatic heterocycles. The Morgan fingerprint density at radius 1 is 1.06 bits per heavy atom. The number of pyridine rings is 1. The summed E-state index contributed by atoms with van der Waals surface area (Å²) in [5, 5.41) is 23.1. The molecule has 33 heavy (non-hydrogen) atoms. The molecule has 7 heteroatoms. The molecule has 4 aromatic rings. The highest BCUT2D eigenvalue weighted by atomic mass is 32.2. The van der Waals surface area contributed by atoms with Crippen molar-refractivity contribution in [2.75, 3.05) is 11.5 Å². The van der Waals surface area contributed by atoms with E-state index >= 15 is 0 Å². The lowest BCUT2D eigenvalue weighted by atomic mass is 10.0. The summed E-state index contributed by atoms with van der Waals surface area (Å²) >= 11 is 2.93. The predicted molar refractivity (Wildman–Crippen MR) is 138 cm³/mol.